The number of hydrogen-bond acceptors (Lipinski definition) is 5. The number of carbonyl (C=O) groups is 3. The number of likely N-dealkylation sites (tertiary alicyclic amines) is 1. The highest BCUT2D eigenvalue weighted by atomic mass is 16.5. The van der Waals surface area contributed by atoms with E-state index in [0.29, 0.717) is 26.3 Å². The molecule has 7 nitrogen and oxygen atoms in total. The third-order valence-electron chi connectivity index (χ3n) is 3.08. The van der Waals surface area contributed by atoms with Gasteiger partial charge in [-0.15, -0.1) is 0 Å². The highest BCUT2D eigenvalue weighted by Crippen LogP contribution is 2.17. The highest BCUT2D eigenvalue weighted by molar-refractivity contribution is 5.89. The van der Waals surface area contributed by atoms with Gasteiger partial charge >= 0.3 is 5.97 Å². The number of carbonyl (C=O) groups excluding carboxylic acids is 3. The molecule has 1 unspecified atom stereocenters. The van der Waals surface area contributed by atoms with E-state index in [1.54, 1.807) is 18.9 Å². The maximum atomic E-state index is 11.9. The van der Waals surface area contributed by atoms with Crippen LogP contribution in [0.2, 0.25) is 0 Å². The van der Waals surface area contributed by atoms with Gasteiger partial charge in [0.15, 0.2) is 0 Å². The third kappa shape index (κ3) is 5.16. The Bertz CT molecular complexity index is 359. The Labute approximate surface area is 118 Å². The summed E-state index contributed by atoms with van der Waals surface area (Å²) in [6.45, 7) is 3.67. The summed E-state index contributed by atoms with van der Waals surface area (Å²) in [6, 6.07) is 0. The van der Waals surface area contributed by atoms with Crippen LogP contribution in [-0.2, 0) is 23.9 Å². The number of hydrogen-bond donors (Lipinski definition) is 1. The van der Waals surface area contributed by atoms with Crippen molar-refractivity contribution in [3.8, 4) is 0 Å². The fourth-order valence-corrected chi connectivity index (χ4v) is 2.03. The van der Waals surface area contributed by atoms with Crippen molar-refractivity contribution >= 4 is 17.8 Å². The monoisotopic (exact) mass is 286 g/mol. The van der Waals surface area contributed by atoms with Crippen molar-refractivity contribution in [1.29, 1.82) is 0 Å². The zero-order valence-electron chi connectivity index (χ0n) is 12.0. The van der Waals surface area contributed by atoms with E-state index in [4.69, 9.17) is 9.47 Å². The van der Waals surface area contributed by atoms with E-state index in [1.165, 1.54) is 0 Å². The van der Waals surface area contributed by atoms with Gasteiger partial charge in [-0.25, -0.2) is 0 Å². The molecule has 1 N–H and O–H groups in total. The van der Waals surface area contributed by atoms with Crippen LogP contribution in [0, 0.1) is 5.92 Å². The van der Waals surface area contributed by atoms with Crippen molar-refractivity contribution < 1.29 is 23.9 Å². The first kappa shape index (κ1) is 16.4. The van der Waals surface area contributed by atoms with Crippen LogP contribution in [0.4, 0.5) is 0 Å². The van der Waals surface area contributed by atoms with Gasteiger partial charge in [-0.3, -0.25) is 14.4 Å². The molecule has 0 aromatic carbocycles. The minimum absolute atomic E-state index is 0.0346. The number of ether oxygens (including phenoxy) is 2. The van der Waals surface area contributed by atoms with Crippen molar-refractivity contribution in [2.75, 3.05) is 40.0 Å². The molecular weight excluding hydrogens is 264 g/mol. The molecule has 1 aliphatic heterocycles. The molecule has 1 fully saturated rings. The number of rotatable bonds is 8. The lowest BCUT2D eigenvalue weighted by Crippen LogP contribution is -2.35. The predicted molar refractivity (Wildman–Crippen MR) is 70.8 cm³/mol. The molecular formula is C13H22N2O5. The van der Waals surface area contributed by atoms with Gasteiger partial charge < -0.3 is 19.7 Å². The lowest BCUT2D eigenvalue weighted by Gasteiger charge is -2.15. The van der Waals surface area contributed by atoms with E-state index in [1.807, 2.05) is 0 Å². The average Bonchev–Trinajstić information content (AvgIpc) is 2.78. The van der Waals surface area contributed by atoms with Crippen molar-refractivity contribution in [3.05, 3.63) is 0 Å². The second-order valence-electron chi connectivity index (χ2n) is 4.58. The second-order valence-corrected chi connectivity index (χ2v) is 4.58. The molecule has 0 bridgehead atoms. The zero-order chi connectivity index (χ0) is 15.0. The summed E-state index contributed by atoms with van der Waals surface area (Å²) in [5.41, 5.74) is 0. The molecule has 7 heteroatoms. The summed E-state index contributed by atoms with van der Waals surface area (Å²) in [6.07, 6.45) is 0.364. The maximum Gasteiger partial charge on any atom is 0.307 e. The first-order valence-corrected chi connectivity index (χ1v) is 6.78. The largest absolute Gasteiger partial charge is 0.466 e. The van der Waals surface area contributed by atoms with Crippen LogP contribution in [0.3, 0.4) is 0 Å². The van der Waals surface area contributed by atoms with E-state index in [0.717, 1.165) is 0 Å². The standard InChI is InChI=1S/C13H22N2O5/c1-3-20-12(17)4-5-14-13(18)10-8-11(16)15(9-10)6-7-19-2/h10H,3-9H2,1-2H3,(H,14,18). The molecule has 0 aliphatic carbocycles. The second kappa shape index (κ2) is 8.52. The van der Waals surface area contributed by atoms with Crippen LogP contribution in [-0.4, -0.2) is 62.6 Å². The van der Waals surface area contributed by atoms with Crippen molar-refractivity contribution in [3.63, 3.8) is 0 Å². The van der Waals surface area contributed by atoms with Gasteiger partial charge in [0, 0.05) is 33.2 Å². The average molecular weight is 286 g/mol. The van der Waals surface area contributed by atoms with Crippen LogP contribution in [0.15, 0.2) is 0 Å². The Balaban J connectivity index is 2.27. The summed E-state index contributed by atoms with van der Waals surface area (Å²) in [5.74, 6) is -0.909. The Kier molecular flexibility index (Phi) is 7.00. The van der Waals surface area contributed by atoms with Crippen molar-refractivity contribution in [1.82, 2.24) is 10.2 Å². The topological polar surface area (TPSA) is 84.9 Å². The highest BCUT2D eigenvalue weighted by Gasteiger charge is 2.33. The van der Waals surface area contributed by atoms with E-state index in [2.05, 4.69) is 5.32 Å². The van der Waals surface area contributed by atoms with E-state index in [-0.39, 0.29) is 43.1 Å². The molecule has 1 heterocycles. The molecule has 1 atom stereocenters. The van der Waals surface area contributed by atoms with Gasteiger partial charge in [-0.2, -0.15) is 0 Å². The number of nitrogens with one attached hydrogen (secondary N) is 1. The Morgan fingerprint density at radius 3 is 2.85 bits per heavy atom. The normalized spacial score (nSPS) is 18.2. The fourth-order valence-electron chi connectivity index (χ4n) is 2.03. The van der Waals surface area contributed by atoms with Crippen molar-refractivity contribution in [2.24, 2.45) is 5.92 Å². The third-order valence-corrected chi connectivity index (χ3v) is 3.08. The molecule has 0 aromatic heterocycles. The molecule has 1 aliphatic rings. The molecule has 0 spiro atoms. The quantitative estimate of drug-likeness (QED) is 0.611. The lowest BCUT2D eigenvalue weighted by molar-refractivity contribution is -0.143. The van der Waals surface area contributed by atoms with E-state index >= 15 is 0 Å². The summed E-state index contributed by atoms with van der Waals surface area (Å²) >= 11 is 0. The van der Waals surface area contributed by atoms with Crippen LogP contribution in [0.1, 0.15) is 19.8 Å². The van der Waals surface area contributed by atoms with Gasteiger partial charge in [-0.05, 0) is 6.92 Å². The molecule has 114 valence electrons. The Morgan fingerprint density at radius 1 is 1.45 bits per heavy atom. The predicted octanol–water partition coefficient (Wildman–Crippen LogP) is -0.449. The molecule has 1 rings (SSSR count). The van der Waals surface area contributed by atoms with E-state index < -0.39 is 0 Å². The van der Waals surface area contributed by atoms with E-state index in [9.17, 15) is 14.4 Å². The first-order chi connectivity index (χ1) is 9.58. The molecule has 2 amide bonds. The van der Waals surface area contributed by atoms with Crippen molar-refractivity contribution in [2.45, 2.75) is 19.8 Å². The number of amides is 2. The summed E-state index contributed by atoms with van der Waals surface area (Å²) in [5, 5.41) is 2.66. The minimum atomic E-state index is -0.346. The summed E-state index contributed by atoms with van der Waals surface area (Å²) in [4.78, 5) is 36.3. The maximum absolute atomic E-state index is 11.9. The zero-order valence-corrected chi connectivity index (χ0v) is 12.0. The van der Waals surface area contributed by atoms with Crippen LogP contribution in [0.25, 0.3) is 0 Å². The van der Waals surface area contributed by atoms with Crippen LogP contribution in [0.5, 0.6) is 0 Å². The van der Waals surface area contributed by atoms with Gasteiger partial charge in [0.05, 0.1) is 25.6 Å². The van der Waals surface area contributed by atoms with Crippen LogP contribution < -0.4 is 5.32 Å². The Hall–Kier alpha value is -1.63. The SMILES string of the molecule is CCOC(=O)CCNC(=O)C1CC(=O)N(CCOC)C1. The lowest BCUT2D eigenvalue weighted by atomic mass is 10.1. The van der Waals surface area contributed by atoms with Gasteiger partial charge in [-0.1, -0.05) is 0 Å². The number of methoxy groups -OCH3 is 1. The van der Waals surface area contributed by atoms with Gasteiger partial charge in [0.25, 0.3) is 0 Å². The van der Waals surface area contributed by atoms with Gasteiger partial charge in [0.1, 0.15) is 0 Å². The minimum Gasteiger partial charge on any atom is -0.466 e. The number of nitrogens with zero attached hydrogens (tertiary/aromatic N) is 1. The Morgan fingerprint density at radius 2 is 2.20 bits per heavy atom. The molecule has 1 saturated heterocycles. The number of esters is 1. The van der Waals surface area contributed by atoms with Gasteiger partial charge in [0.2, 0.25) is 11.8 Å². The molecule has 0 aromatic rings. The molecule has 0 saturated carbocycles. The summed E-state index contributed by atoms with van der Waals surface area (Å²) < 4.78 is 9.68. The molecule has 20 heavy (non-hydrogen) atoms. The smallest absolute Gasteiger partial charge is 0.307 e. The fraction of sp³-hybridized carbons (Fsp3) is 0.769. The molecule has 0 radical (unpaired) electrons. The first-order valence-electron chi connectivity index (χ1n) is 6.78. The van der Waals surface area contributed by atoms with Crippen LogP contribution >= 0.6 is 0 Å². The summed E-state index contributed by atoms with van der Waals surface area (Å²) in [7, 11) is 1.57.